The Morgan fingerprint density at radius 3 is 1.89 bits per heavy atom. The van der Waals surface area contributed by atoms with Crippen molar-refractivity contribution in [2.75, 3.05) is 23.7 Å². The molecule has 0 aliphatic carbocycles. The van der Waals surface area contributed by atoms with Gasteiger partial charge in [0.1, 0.15) is 0 Å². The van der Waals surface area contributed by atoms with E-state index in [1.54, 1.807) is 24.3 Å². The Balaban J connectivity index is 1.67. The van der Waals surface area contributed by atoms with Gasteiger partial charge in [0.15, 0.2) is 0 Å². The molecule has 28 heavy (non-hydrogen) atoms. The molecule has 1 fully saturated rings. The maximum atomic E-state index is 12.7. The smallest absolute Gasteiger partial charge is 0.255 e. The van der Waals surface area contributed by atoms with Crippen LogP contribution in [0.1, 0.15) is 36.5 Å². The quantitative estimate of drug-likeness (QED) is 0.805. The molecule has 2 aromatic rings. The van der Waals surface area contributed by atoms with Gasteiger partial charge in [-0.1, -0.05) is 6.42 Å². The van der Waals surface area contributed by atoms with Crippen LogP contribution in [0, 0.1) is 0 Å². The predicted octanol–water partition coefficient (Wildman–Crippen LogP) is 3.07. The van der Waals surface area contributed by atoms with Crippen LogP contribution in [0.25, 0.3) is 0 Å². The minimum absolute atomic E-state index is 0.170. The number of piperidine rings is 1. The van der Waals surface area contributed by atoms with Crippen molar-refractivity contribution >= 4 is 33.2 Å². The maximum absolute atomic E-state index is 12.7. The average molecular weight is 401 g/mol. The third-order valence-electron chi connectivity index (χ3n) is 4.53. The Morgan fingerprint density at radius 2 is 1.36 bits per heavy atom. The van der Waals surface area contributed by atoms with Crippen LogP contribution >= 0.6 is 0 Å². The highest BCUT2D eigenvalue weighted by Gasteiger charge is 2.25. The van der Waals surface area contributed by atoms with Crippen LogP contribution in [0.2, 0.25) is 0 Å². The van der Waals surface area contributed by atoms with Crippen molar-refractivity contribution in [3.8, 4) is 0 Å². The fraction of sp³-hybridized carbons (Fsp3) is 0.300. The Kier molecular flexibility index (Phi) is 6.11. The number of sulfonamides is 1. The zero-order valence-corrected chi connectivity index (χ0v) is 16.5. The number of amides is 2. The predicted molar refractivity (Wildman–Crippen MR) is 108 cm³/mol. The topological polar surface area (TPSA) is 95.6 Å². The molecule has 2 aromatic carbocycles. The molecular weight excluding hydrogens is 378 g/mol. The highest BCUT2D eigenvalue weighted by atomic mass is 32.2. The van der Waals surface area contributed by atoms with Crippen molar-refractivity contribution in [3.63, 3.8) is 0 Å². The summed E-state index contributed by atoms with van der Waals surface area (Å²) in [5.74, 6) is -0.509. The van der Waals surface area contributed by atoms with E-state index in [1.165, 1.54) is 35.5 Å². The molecule has 3 rings (SSSR count). The molecule has 2 N–H and O–H groups in total. The summed E-state index contributed by atoms with van der Waals surface area (Å²) in [6, 6.07) is 12.7. The Hall–Kier alpha value is -2.71. The molecule has 1 aliphatic rings. The zero-order chi connectivity index (χ0) is 20.1. The number of carbonyl (C=O) groups excluding carboxylic acids is 2. The second kappa shape index (κ2) is 8.53. The molecule has 7 nitrogen and oxygen atoms in total. The fourth-order valence-electron chi connectivity index (χ4n) is 3.08. The Bertz CT molecular complexity index is 948. The molecule has 0 radical (unpaired) electrons. The SMILES string of the molecule is CC(=O)Nc1ccc(NC(=O)c2ccc(S(=O)(=O)N3CCCCC3)cc2)cc1. The van der Waals surface area contributed by atoms with Gasteiger partial charge in [-0.15, -0.1) is 0 Å². The van der Waals surface area contributed by atoms with E-state index < -0.39 is 10.0 Å². The molecule has 148 valence electrons. The summed E-state index contributed by atoms with van der Waals surface area (Å²) in [5, 5.41) is 5.40. The molecule has 0 atom stereocenters. The van der Waals surface area contributed by atoms with Gasteiger partial charge in [0.25, 0.3) is 5.91 Å². The highest BCUT2D eigenvalue weighted by Crippen LogP contribution is 2.21. The standard InChI is InChI=1S/C20H23N3O4S/c1-15(24)21-17-7-9-18(10-8-17)22-20(25)16-5-11-19(12-6-16)28(26,27)23-13-3-2-4-14-23/h5-12H,2-4,13-14H2,1H3,(H,21,24)(H,22,25). The number of nitrogens with one attached hydrogen (secondary N) is 2. The van der Waals surface area contributed by atoms with Crippen LogP contribution in [0.15, 0.2) is 53.4 Å². The van der Waals surface area contributed by atoms with Gasteiger partial charge < -0.3 is 10.6 Å². The molecule has 2 amide bonds. The maximum Gasteiger partial charge on any atom is 0.255 e. The lowest BCUT2D eigenvalue weighted by Crippen LogP contribution is -2.35. The summed E-state index contributed by atoms with van der Waals surface area (Å²) < 4.78 is 26.8. The second-order valence-corrected chi connectivity index (χ2v) is 8.64. The van der Waals surface area contributed by atoms with Gasteiger partial charge in [0.2, 0.25) is 15.9 Å². The average Bonchev–Trinajstić information content (AvgIpc) is 2.70. The third-order valence-corrected chi connectivity index (χ3v) is 6.45. The van der Waals surface area contributed by atoms with Gasteiger partial charge in [-0.05, 0) is 61.4 Å². The molecule has 0 aromatic heterocycles. The van der Waals surface area contributed by atoms with E-state index in [0.29, 0.717) is 30.0 Å². The largest absolute Gasteiger partial charge is 0.326 e. The van der Waals surface area contributed by atoms with Crippen LogP contribution in [0.3, 0.4) is 0 Å². The molecule has 1 aliphatic heterocycles. The van der Waals surface area contributed by atoms with Crippen LogP contribution < -0.4 is 10.6 Å². The van der Waals surface area contributed by atoms with E-state index in [4.69, 9.17) is 0 Å². The van der Waals surface area contributed by atoms with Gasteiger partial charge in [0, 0.05) is 37.0 Å². The Labute approximate surface area is 164 Å². The second-order valence-electron chi connectivity index (χ2n) is 6.70. The van der Waals surface area contributed by atoms with E-state index in [9.17, 15) is 18.0 Å². The molecule has 0 saturated carbocycles. The fourth-order valence-corrected chi connectivity index (χ4v) is 4.59. The van der Waals surface area contributed by atoms with Gasteiger partial charge in [-0.25, -0.2) is 8.42 Å². The summed E-state index contributed by atoms with van der Waals surface area (Å²) in [6.45, 7) is 2.50. The lowest BCUT2D eigenvalue weighted by molar-refractivity contribution is -0.114. The number of hydrogen-bond acceptors (Lipinski definition) is 4. The summed E-state index contributed by atoms with van der Waals surface area (Å²) in [4.78, 5) is 23.6. The molecule has 0 unspecified atom stereocenters. The van der Waals surface area contributed by atoms with E-state index in [0.717, 1.165) is 19.3 Å². The van der Waals surface area contributed by atoms with Gasteiger partial charge in [-0.3, -0.25) is 9.59 Å². The first-order chi connectivity index (χ1) is 13.4. The van der Waals surface area contributed by atoms with Gasteiger partial charge >= 0.3 is 0 Å². The Morgan fingerprint density at radius 1 is 0.821 bits per heavy atom. The van der Waals surface area contributed by atoms with Crippen molar-refractivity contribution < 1.29 is 18.0 Å². The minimum atomic E-state index is -3.51. The van der Waals surface area contributed by atoms with E-state index in [-0.39, 0.29) is 16.7 Å². The molecule has 8 heteroatoms. The lowest BCUT2D eigenvalue weighted by Gasteiger charge is -2.25. The first kappa shape index (κ1) is 20.0. The van der Waals surface area contributed by atoms with Crippen molar-refractivity contribution in [2.45, 2.75) is 31.1 Å². The number of nitrogens with zero attached hydrogens (tertiary/aromatic N) is 1. The van der Waals surface area contributed by atoms with Crippen molar-refractivity contribution in [2.24, 2.45) is 0 Å². The summed E-state index contributed by atoms with van der Waals surface area (Å²) >= 11 is 0. The van der Waals surface area contributed by atoms with E-state index in [2.05, 4.69) is 10.6 Å². The summed E-state index contributed by atoms with van der Waals surface area (Å²) in [6.07, 6.45) is 2.80. The third kappa shape index (κ3) is 4.76. The molecule has 0 spiro atoms. The van der Waals surface area contributed by atoms with Crippen LogP contribution in [0.5, 0.6) is 0 Å². The van der Waals surface area contributed by atoms with Gasteiger partial charge in [-0.2, -0.15) is 4.31 Å². The normalized spacial score (nSPS) is 15.0. The molecule has 1 heterocycles. The first-order valence-corrected chi connectivity index (χ1v) is 10.6. The summed E-state index contributed by atoms with van der Waals surface area (Å²) in [5.41, 5.74) is 1.57. The first-order valence-electron chi connectivity index (χ1n) is 9.15. The number of anilines is 2. The molecular formula is C20H23N3O4S. The van der Waals surface area contributed by atoms with Gasteiger partial charge in [0.05, 0.1) is 4.90 Å². The van der Waals surface area contributed by atoms with Crippen molar-refractivity contribution in [3.05, 3.63) is 54.1 Å². The van der Waals surface area contributed by atoms with Crippen LogP contribution in [-0.4, -0.2) is 37.6 Å². The molecule has 0 bridgehead atoms. The monoisotopic (exact) mass is 401 g/mol. The molecule has 1 saturated heterocycles. The van der Waals surface area contributed by atoms with Crippen molar-refractivity contribution in [1.82, 2.24) is 4.31 Å². The number of hydrogen-bond donors (Lipinski definition) is 2. The van der Waals surface area contributed by atoms with E-state index in [1.807, 2.05) is 0 Å². The number of carbonyl (C=O) groups is 2. The van der Waals surface area contributed by atoms with Crippen LogP contribution in [-0.2, 0) is 14.8 Å². The number of rotatable bonds is 5. The summed E-state index contributed by atoms with van der Waals surface area (Å²) in [7, 11) is -3.51. The van der Waals surface area contributed by atoms with Crippen molar-refractivity contribution in [1.29, 1.82) is 0 Å². The zero-order valence-electron chi connectivity index (χ0n) is 15.6. The van der Waals surface area contributed by atoms with E-state index >= 15 is 0 Å². The number of benzene rings is 2. The lowest BCUT2D eigenvalue weighted by atomic mass is 10.2. The van der Waals surface area contributed by atoms with Crippen LogP contribution in [0.4, 0.5) is 11.4 Å². The highest BCUT2D eigenvalue weighted by molar-refractivity contribution is 7.89. The minimum Gasteiger partial charge on any atom is -0.326 e.